The van der Waals surface area contributed by atoms with Crippen LogP contribution < -0.4 is 29.9 Å². The second-order valence-corrected chi connectivity index (χ2v) is 17.2. The fraction of sp³-hybridized carbons (Fsp3) is 0.435. The van der Waals surface area contributed by atoms with Gasteiger partial charge >= 0.3 is 0 Å². The number of ether oxygens (including phenoxy) is 2. The van der Waals surface area contributed by atoms with Crippen LogP contribution >= 0.6 is 46.4 Å². The standard InChI is InChI=1S/2C23H27Cl2N3O2.H2O/c2*24-19-4-3-5-21(23(19)25)28-13-11-27(12-14-28)10-1-2-15-30-18-8-6-17-7-9-22(29)26-20(17)16-18;/h2*3-6,8,16H,1-2,7,9-15H2,(H,26,29);1H2. The Morgan fingerprint density at radius 1 is 0.508 bits per heavy atom. The molecule has 4 aromatic rings. The topological polar surface area (TPSA) is 121 Å². The first kappa shape index (κ1) is 46.6. The molecule has 0 saturated carbocycles. The maximum absolute atomic E-state index is 11.5. The molecular weight excluding hydrogens is 858 g/mol. The van der Waals surface area contributed by atoms with Crippen LogP contribution in [0.4, 0.5) is 22.7 Å². The van der Waals surface area contributed by atoms with Crippen LogP contribution in [0.2, 0.25) is 20.1 Å². The quantitative estimate of drug-likeness (QED) is 0.121. The molecule has 0 atom stereocenters. The molecular formula is C46H56Cl4N6O5. The zero-order chi connectivity index (χ0) is 41.8. The number of nitrogens with one attached hydrogen (secondary N) is 2. The number of piperazine rings is 2. The second-order valence-electron chi connectivity index (χ2n) is 15.6. The molecule has 2 saturated heterocycles. The van der Waals surface area contributed by atoms with E-state index in [0.29, 0.717) is 46.1 Å². The van der Waals surface area contributed by atoms with Gasteiger partial charge in [0.25, 0.3) is 0 Å². The number of hydrogen-bond acceptors (Lipinski definition) is 8. The van der Waals surface area contributed by atoms with Crippen LogP contribution in [0.25, 0.3) is 0 Å². The van der Waals surface area contributed by atoms with Crippen molar-refractivity contribution in [1.29, 1.82) is 0 Å². The van der Waals surface area contributed by atoms with Gasteiger partial charge in [0.15, 0.2) is 0 Å². The number of anilines is 4. The van der Waals surface area contributed by atoms with Crippen LogP contribution in [0.1, 0.15) is 49.7 Å². The maximum atomic E-state index is 11.5. The van der Waals surface area contributed by atoms with Gasteiger partial charge in [-0.3, -0.25) is 19.4 Å². The Hall–Kier alpha value is -3.94. The molecule has 0 aliphatic carbocycles. The zero-order valence-electron chi connectivity index (χ0n) is 34.5. The Kier molecular flexibility index (Phi) is 17.5. The minimum atomic E-state index is 0. The number of unbranched alkanes of at least 4 members (excludes halogenated alkanes) is 2. The van der Waals surface area contributed by atoms with Gasteiger partial charge in [0.05, 0.1) is 44.7 Å². The number of halogens is 4. The molecule has 8 rings (SSSR count). The molecule has 4 aromatic carbocycles. The van der Waals surface area contributed by atoms with Gasteiger partial charge in [-0.25, -0.2) is 0 Å². The lowest BCUT2D eigenvalue weighted by molar-refractivity contribution is -0.117. The van der Waals surface area contributed by atoms with Gasteiger partial charge in [-0.15, -0.1) is 0 Å². The minimum absolute atomic E-state index is 0. The number of nitrogens with zero attached hydrogens (tertiary/aromatic N) is 4. The summed E-state index contributed by atoms with van der Waals surface area (Å²) in [5, 5.41) is 8.35. The van der Waals surface area contributed by atoms with E-state index in [4.69, 9.17) is 55.9 Å². The molecule has 0 spiro atoms. The maximum Gasteiger partial charge on any atom is 0.224 e. The summed E-state index contributed by atoms with van der Waals surface area (Å²) in [4.78, 5) is 32.7. The predicted octanol–water partition coefficient (Wildman–Crippen LogP) is 8.89. The summed E-state index contributed by atoms with van der Waals surface area (Å²) in [6, 6.07) is 23.6. The first-order valence-corrected chi connectivity index (χ1v) is 22.6. The highest BCUT2D eigenvalue weighted by Crippen LogP contribution is 2.34. The van der Waals surface area contributed by atoms with Crippen molar-refractivity contribution in [2.75, 3.05) is 99.1 Å². The van der Waals surface area contributed by atoms with Crippen molar-refractivity contribution in [3.8, 4) is 11.5 Å². The Morgan fingerprint density at radius 2 is 0.918 bits per heavy atom. The Balaban J connectivity index is 0.000000201. The molecule has 15 heteroatoms. The van der Waals surface area contributed by atoms with Crippen molar-refractivity contribution in [2.24, 2.45) is 0 Å². The zero-order valence-corrected chi connectivity index (χ0v) is 37.5. The molecule has 4 heterocycles. The van der Waals surface area contributed by atoms with Crippen molar-refractivity contribution >= 4 is 81.0 Å². The van der Waals surface area contributed by atoms with Gasteiger partial charge in [0, 0.05) is 88.7 Å². The number of benzene rings is 4. The first-order valence-electron chi connectivity index (χ1n) is 21.1. The van der Waals surface area contributed by atoms with E-state index in [9.17, 15) is 9.59 Å². The molecule has 2 amide bonds. The third-order valence-corrected chi connectivity index (χ3v) is 13.1. The Labute approximate surface area is 379 Å². The molecule has 328 valence electrons. The lowest BCUT2D eigenvalue weighted by Gasteiger charge is -2.36. The molecule has 0 bridgehead atoms. The molecule has 4 N–H and O–H groups in total. The highest BCUT2D eigenvalue weighted by atomic mass is 35.5. The highest BCUT2D eigenvalue weighted by molar-refractivity contribution is 6.44. The van der Waals surface area contributed by atoms with Crippen molar-refractivity contribution in [3.63, 3.8) is 0 Å². The summed E-state index contributed by atoms with van der Waals surface area (Å²) < 4.78 is 11.8. The predicted molar refractivity (Wildman–Crippen MR) is 250 cm³/mol. The van der Waals surface area contributed by atoms with E-state index < -0.39 is 0 Å². The number of carbonyl (C=O) groups is 2. The normalized spacial score (nSPS) is 16.6. The van der Waals surface area contributed by atoms with Crippen molar-refractivity contribution in [2.45, 2.75) is 51.4 Å². The lowest BCUT2D eigenvalue weighted by Crippen LogP contribution is -2.46. The fourth-order valence-corrected chi connectivity index (χ4v) is 8.86. The minimum Gasteiger partial charge on any atom is -0.494 e. The van der Waals surface area contributed by atoms with E-state index in [1.807, 2.05) is 60.7 Å². The number of rotatable bonds is 14. The van der Waals surface area contributed by atoms with Gasteiger partial charge in [0.2, 0.25) is 11.8 Å². The van der Waals surface area contributed by atoms with Crippen LogP contribution in [0.5, 0.6) is 11.5 Å². The summed E-state index contributed by atoms with van der Waals surface area (Å²) in [7, 11) is 0. The molecule has 61 heavy (non-hydrogen) atoms. The molecule has 0 radical (unpaired) electrons. The van der Waals surface area contributed by atoms with E-state index in [2.05, 4.69) is 42.4 Å². The second kappa shape index (κ2) is 22.9. The SMILES string of the molecule is O.O=C1CCc2ccc(OCCCCN3CCN(c4cccc(Cl)c4Cl)CC3)cc2N1.O=C1CCc2ccc(OCCCCN3CCN(c4cccc(Cl)c4Cl)CC3)cc2N1. The smallest absolute Gasteiger partial charge is 0.224 e. The van der Waals surface area contributed by atoms with Crippen LogP contribution in [-0.2, 0) is 22.4 Å². The van der Waals surface area contributed by atoms with Crippen LogP contribution in [0, 0.1) is 0 Å². The fourth-order valence-electron chi connectivity index (χ4n) is 8.03. The van der Waals surface area contributed by atoms with Crippen molar-refractivity contribution < 1.29 is 24.5 Å². The van der Waals surface area contributed by atoms with Gasteiger partial charge in [-0.05, 0) is 99.1 Å². The number of carbonyl (C=O) groups excluding carboxylic acids is 2. The molecule has 2 fully saturated rings. The van der Waals surface area contributed by atoms with E-state index in [1.54, 1.807) is 0 Å². The van der Waals surface area contributed by atoms with Gasteiger partial charge in [0.1, 0.15) is 11.5 Å². The van der Waals surface area contributed by atoms with Crippen molar-refractivity contribution in [3.05, 3.63) is 104 Å². The highest BCUT2D eigenvalue weighted by Gasteiger charge is 2.22. The number of fused-ring (bicyclic) bond motifs is 2. The van der Waals surface area contributed by atoms with E-state index in [1.165, 1.54) is 11.1 Å². The summed E-state index contributed by atoms with van der Waals surface area (Å²) in [5.74, 6) is 1.81. The largest absolute Gasteiger partial charge is 0.494 e. The first-order chi connectivity index (χ1) is 29.2. The molecule has 4 aliphatic heterocycles. The van der Waals surface area contributed by atoms with E-state index >= 15 is 0 Å². The van der Waals surface area contributed by atoms with Gasteiger partial charge in [-0.2, -0.15) is 0 Å². The van der Waals surface area contributed by atoms with E-state index in [-0.39, 0.29) is 17.3 Å². The Bertz CT molecular complexity index is 1950. The molecule has 4 aliphatic rings. The van der Waals surface area contributed by atoms with Crippen LogP contribution in [0.15, 0.2) is 72.8 Å². The molecule has 11 nitrogen and oxygen atoms in total. The third kappa shape index (κ3) is 13.0. The van der Waals surface area contributed by atoms with Crippen molar-refractivity contribution in [1.82, 2.24) is 9.80 Å². The summed E-state index contributed by atoms with van der Waals surface area (Å²) in [5.41, 5.74) is 6.19. The number of hydrogen-bond donors (Lipinski definition) is 2. The average Bonchev–Trinajstić information content (AvgIpc) is 3.26. The van der Waals surface area contributed by atoms with Gasteiger partial charge in [-0.1, -0.05) is 70.7 Å². The number of amides is 2. The van der Waals surface area contributed by atoms with Crippen LogP contribution in [0.3, 0.4) is 0 Å². The molecule has 0 unspecified atom stereocenters. The Morgan fingerprint density at radius 3 is 1.33 bits per heavy atom. The van der Waals surface area contributed by atoms with Crippen LogP contribution in [-0.4, -0.2) is 106 Å². The summed E-state index contributed by atoms with van der Waals surface area (Å²) in [6.45, 7) is 11.4. The van der Waals surface area contributed by atoms with E-state index in [0.717, 1.165) is 138 Å². The lowest BCUT2D eigenvalue weighted by atomic mass is 10.0. The monoisotopic (exact) mass is 912 g/mol. The average molecular weight is 915 g/mol. The molecule has 0 aromatic heterocycles. The summed E-state index contributed by atoms with van der Waals surface area (Å²) in [6.07, 6.45) is 6.93. The number of aryl methyl sites for hydroxylation is 2. The third-order valence-electron chi connectivity index (χ3n) is 11.5. The summed E-state index contributed by atoms with van der Waals surface area (Å²) >= 11 is 25.0. The van der Waals surface area contributed by atoms with Gasteiger partial charge < -0.3 is 35.4 Å².